The number of carboxylic acids is 1. The van der Waals surface area contributed by atoms with E-state index in [2.05, 4.69) is 21.2 Å². The Morgan fingerprint density at radius 3 is 2.50 bits per heavy atom. The number of halogens is 1. The summed E-state index contributed by atoms with van der Waals surface area (Å²) in [6, 6.07) is 11.7. The number of carboxylic acid groups (broad SMARTS) is 1. The number of carbonyl (C=O) groups is 2. The van der Waals surface area contributed by atoms with Crippen molar-refractivity contribution in [2.24, 2.45) is 0 Å². The molecule has 2 aromatic rings. The van der Waals surface area contributed by atoms with E-state index in [0.29, 0.717) is 30.7 Å². The lowest BCUT2D eigenvalue weighted by molar-refractivity contribution is -0.131. The van der Waals surface area contributed by atoms with Crippen LogP contribution in [0.5, 0.6) is 11.5 Å². The molecule has 0 saturated heterocycles. The molecule has 2 aromatic carbocycles. The fourth-order valence-electron chi connectivity index (χ4n) is 3.02. The Morgan fingerprint density at radius 2 is 1.91 bits per heavy atom. The SMILES string of the molecule is CCO[C@@H](CC/C=C/C(=O)O)[C@@H](OC(=O)Nc1ccc(Br)cc1)c1ccc(OC)c(O)c1. The number of rotatable bonds is 11. The highest BCUT2D eigenvalue weighted by molar-refractivity contribution is 9.10. The van der Waals surface area contributed by atoms with E-state index in [9.17, 15) is 14.7 Å². The molecule has 3 N–H and O–H groups in total. The third kappa shape index (κ3) is 7.90. The van der Waals surface area contributed by atoms with Crippen molar-refractivity contribution < 1.29 is 34.0 Å². The summed E-state index contributed by atoms with van der Waals surface area (Å²) in [7, 11) is 1.44. The van der Waals surface area contributed by atoms with Gasteiger partial charge in [0.2, 0.25) is 0 Å². The quantitative estimate of drug-likeness (QED) is 0.354. The Labute approximate surface area is 194 Å². The van der Waals surface area contributed by atoms with Gasteiger partial charge in [-0.05, 0) is 61.7 Å². The predicted octanol–water partition coefficient (Wildman–Crippen LogP) is 5.28. The van der Waals surface area contributed by atoms with Crippen LogP contribution in [0.15, 0.2) is 59.1 Å². The van der Waals surface area contributed by atoms with E-state index in [0.717, 1.165) is 10.5 Å². The van der Waals surface area contributed by atoms with Crippen LogP contribution in [-0.2, 0) is 14.3 Å². The lowest BCUT2D eigenvalue weighted by Crippen LogP contribution is -2.29. The Balaban J connectivity index is 2.26. The largest absolute Gasteiger partial charge is 0.504 e. The highest BCUT2D eigenvalue weighted by atomic mass is 79.9. The molecule has 2 rings (SSSR count). The summed E-state index contributed by atoms with van der Waals surface area (Å²) in [5.41, 5.74) is 1.06. The van der Waals surface area contributed by atoms with E-state index in [1.807, 2.05) is 6.92 Å². The lowest BCUT2D eigenvalue weighted by atomic mass is 9.99. The van der Waals surface area contributed by atoms with Crippen LogP contribution >= 0.6 is 15.9 Å². The number of allylic oxidation sites excluding steroid dienone is 1. The van der Waals surface area contributed by atoms with Crippen molar-refractivity contribution in [3.8, 4) is 11.5 Å². The number of methoxy groups -OCH3 is 1. The summed E-state index contributed by atoms with van der Waals surface area (Å²) in [5, 5.41) is 21.7. The van der Waals surface area contributed by atoms with Crippen molar-refractivity contribution in [3.63, 3.8) is 0 Å². The number of hydrogen-bond donors (Lipinski definition) is 3. The van der Waals surface area contributed by atoms with E-state index in [1.165, 1.54) is 19.3 Å². The molecule has 8 nitrogen and oxygen atoms in total. The summed E-state index contributed by atoms with van der Waals surface area (Å²) < 4.78 is 17.5. The molecule has 0 fully saturated rings. The van der Waals surface area contributed by atoms with Gasteiger partial charge in [0, 0.05) is 22.8 Å². The van der Waals surface area contributed by atoms with Crippen LogP contribution in [0.3, 0.4) is 0 Å². The van der Waals surface area contributed by atoms with Crippen LogP contribution in [0.2, 0.25) is 0 Å². The highest BCUT2D eigenvalue weighted by Crippen LogP contribution is 2.34. The maximum absolute atomic E-state index is 12.6. The van der Waals surface area contributed by atoms with E-state index < -0.39 is 24.3 Å². The van der Waals surface area contributed by atoms with Gasteiger partial charge in [0.05, 0.1) is 13.2 Å². The van der Waals surface area contributed by atoms with Gasteiger partial charge in [-0.3, -0.25) is 5.32 Å². The fourth-order valence-corrected chi connectivity index (χ4v) is 3.28. The van der Waals surface area contributed by atoms with E-state index in [4.69, 9.17) is 19.3 Å². The molecular formula is C23H26BrNO7. The van der Waals surface area contributed by atoms with Crippen molar-refractivity contribution in [2.45, 2.75) is 32.0 Å². The first kappa shape index (κ1) is 25.2. The summed E-state index contributed by atoms with van der Waals surface area (Å²) in [6.07, 6.45) is 1.21. The van der Waals surface area contributed by atoms with Crippen molar-refractivity contribution in [2.75, 3.05) is 19.0 Å². The molecule has 0 radical (unpaired) electrons. The normalized spacial score (nSPS) is 12.8. The molecule has 0 saturated carbocycles. The summed E-state index contributed by atoms with van der Waals surface area (Å²) >= 11 is 3.34. The highest BCUT2D eigenvalue weighted by Gasteiger charge is 2.28. The first-order chi connectivity index (χ1) is 15.3. The average Bonchev–Trinajstić information content (AvgIpc) is 2.76. The smallest absolute Gasteiger partial charge is 0.412 e. The second kappa shape index (κ2) is 12.7. The van der Waals surface area contributed by atoms with Gasteiger partial charge in [0.25, 0.3) is 0 Å². The molecule has 0 aliphatic carbocycles. The summed E-state index contributed by atoms with van der Waals surface area (Å²) in [4.78, 5) is 23.4. The van der Waals surface area contributed by atoms with Gasteiger partial charge >= 0.3 is 12.1 Å². The molecule has 32 heavy (non-hydrogen) atoms. The second-order valence-corrected chi connectivity index (χ2v) is 7.62. The zero-order valence-electron chi connectivity index (χ0n) is 17.8. The second-order valence-electron chi connectivity index (χ2n) is 6.70. The zero-order chi connectivity index (χ0) is 23.5. The number of hydrogen-bond acceptors (Lipinski definition) is 6. The van der Waals surface area contributed by atoms with E-state index in [1.54, 1.807) is 36.4 Å². The van der Waals surface area contributed by atoms with Crippen molar-refractivity contribution in [1.82, 2.24) is 0 Å². The number of phenols is 1. The van der Waals surface area contributed by atoms with E-state index in [-0.39, 0.29) is 11.5 Å². The fraction of sp³-hybridized carbons (Fsp3) is 0.304. The van der Waals surface area contributed by atoms with Crippen LogP contribution in [0.4, 0.5) is 10.5 Å². The number of carbonyl (C=O) groups excluding carboxylic acids is 1. The lowest BCUT2D eigenvalue weighted by Gasteiger charge is -2.27. The first-order valence-corrected chi connectivity index (χ1v) is 10.7. The Hall–Kier alpha value is -3.04. The molecule has 0 heterocycles. The summed E-state index contributed by atoms with van der Waals surface area (Å²) in [5.74, 6) is -0.864. The van der Waals surface area contributed by atoms with Gasteiger partial charge in [0.1, 0.15) is 0 Å². The molecule has 0 spiro atoms. The summed E-state index contributed by atoms with van der Waals surface area (Å²) in [6.45, 7) is 2.16. The molecule has 0 unspecified atom stereocenters. The van der Waals surface area contributed by atoms with Crippen LogP contribution in [0, 0.1) is 0 Å². The molecule has 1 amide bonds. The van der Waals surface area contributed by atoms with Gasteiger partial charge in [0.15, 0.2) is 17.6 Å². The van der Waals surface area contributed by atoms with Gasteiger partial charge in [-0.15, -0.1) is 0 Å². The standard InChI is InChI=1S/C23H26BrNO7/c1-3-31-20(6-4-5-7-21(27)28)22(15-8-13-19(30-2)18(26)14-15)32-23(29)25-17-11-9-16(24)10-12-17/h5,7-14,20,22,26H,3-4,6H2,1-2H3,(H,25,29)(H,27,28)/b7-5+/t20-,22-/m0/s1. The Bertz CT molecular complexity index is 930. The predicted molar refractivity (Wildman–Crippen MR) is 123 cm³/mol. The number of aliphatic carboxylic acids is 1. The molecular weight excluding hydrogens is 482 g/mol. The third-order valence-corrected chi connectivity index (χ3v) is 4.98. The molecule has 0 aromatic heterocycles. The van der Waals surface area contributed by atoms with Gasteiger partial charge < -0.3 is 24.4 Å². The third-order valence-electron chi connectivity index (χ3n) is 4.45. The van der Waals surface area contributed by atoms with Crippen LogP contribution in [-0.4, -0.2) is 42.1 Å². The van der Waals surface area contributed by atoms with Crippen molar-refractivity contribution in [1.29, 1.82) is 0 Å². The minimum Gasteiger partial charge on any atom is -0.504 e. The van der Waals surface area contributed by atoms with Gasteiger partial charge in [-0.2, -0.15) is 0 Å². The topological polar surface area (TPSA) is 114 Å². The van der Waals surface area contributed by atoms with Gasteiger partial charge in [-0.25, -0.2) is 9.59 Å². The van der Waals surface area contributed by atoms with Crippen molar-refractivity contribution >= 4 is 33.7 Å². The minimum absolute atomic E-state index is 0.104. The maximum Gasteiger partial charge on any atom is 0.412 e. The number of benzene rings is 2. The number of aromatic hydroxyl groups is 1. The van der Waals surface area contributed by atoms with Crippen LogP contribution < -0.4 is 10.1 Å². The number of amides is 1. The average molecular weight is 508 g/mol. The molecule has 0 bridgehead atoms. The molecule has 0 aliphatic rings. The molecule has 0 aliphatic heterocycles. The van der Waals surface area contributed by atoms with E-state index >= 15 is 0 Å². The van der Waals surface area contributed by atoms with Gasteiger partial charge in [-0.1, -0.05) is 28.1 Å². The molecule has 172 valence electrons. The number of anilines is 1. The maximum atomic E-state index is 12.6. The van der Waals surface area contributed by atoms with Crippen molar-refractivity contribution in [3.05, 3.63) is 64.7 Å². The molecule has 9 heteroatoms. The first-order valence-electron chi connectivity index (χ1n) is 9.95. The number of nitrogens with one attached hydrogen (secondary N) is 1. The Morgan fingerprint density at radius 1 is 1.19 bits per heavy atom. The minimum atomic E-state index is -1.04. The number of phenolic OH excluding ortho intramolecular Hbond substituents is 1. The zero-order valence-corrected chi connectivity index (χ0v) is 19.4. The van der Waals surface area contributed by atoms with Crippen LogP contribution in [0.1, 0.15) is 31.4 Å². The van der Waals surface area contributed by atoms with Crippen LogP contribution in [0.25, 0.3) is 0 Å². The Kier molecular flexibility index (Phi) is 10.0. The monoisotopic (exact) mass is 507 g/mol. The number of ether oxygens (including phenoxy) is 3. The molecule has 2 atom stereocenters.